The van der Waals surface area contributed by atoms with E-state index < -0.39 is 0 Å². The topological polar surface area (TPSA) is 40.5 Å². The summed E-state index contributed by atoms with van der Waals surface area (Å²) >= 11 is 0. The van der Waals surface area contributed by atoms with Crippen molar-refractivity contribution in [3.8, 4) is 0 Å². The van der Waals surface area contributed by atoms with Crippen LogP contribution in [-0.4, -0.2) is 42.0 Å². The number of aliphatic hydroxyl groups is 1. The van der Waals surface area contributed by atoms with Crippen LogP contribution >= 0.6 is 0 Å². The summed E-state index contributed by atoms with van der Waals surface area (Å²) in [4.78, 5) is 13.7. The van der Waals surface area contributed by atoms with Crippen LogP contribution in [0.3, 0.4) is 0 Å². The molecule has 14 heavy (non-hydrogen) atoms. The molecule has 1 fully saturated rings. The van der Waals surface area contributed by atoms with Gasteiger partial charge >= 0.3 is 0 Å². The van der Waals surface area contributed by atoms with Gasteiger partial charge in [0, 0.05) is 19.1 Å². The van der Waals surface area contributed by atoms with E-state index in [-0.39, 0.29) is 12.5 Å². The summed E-state index contributed by atoms with van der Waals surface area (Å²) in [5.74, 6) is 1.07. The molecule has 1 saturated heterocycles. The molecule has 1 rings (SSSR count). The van der Waals surface area contributed by atoms with Crippen LogP contribution in [0.4, 0.5) is 0 Å². The van der Waals surface area contributed by atoms with Crippen LogP contribution in [0.2, 0.25) is 0 Å². The highest BCUT2D eigenvalue weighted by Crippen LogP contribution is 2.19. The van der Waals surface area contributed by atoms with Gasteiger partial charge in [-0.25, -0.2) is 0 Å². The molecule has 0 spiro atoms. The summed E-state index contributed by atoms with van der Waals surface area (Å²) in [5, 5.41) is 8.80. The second kappa shape index (κ2) is 5.47. The molecule has 1 unspecified atom stereocenters. The monoisotopic (exact) mass is 199 g/mol. The lowest BCUT2D eigenvalue weighted by atomic mass is 10.1. The number of nitrogens with zero attached hydrogens (tertiary/aromatic N) is 1. The van der Waals surface area contributed by atoms with Crippen LogP contribution in [0, 0.1) is 11.8 Å². The average Bonchev–Trinajstić information content (AvgIpc) is 2.53. The first-order valence-corrected chi connectivity index (χ1v) is 5.49. The Hall–Kier alpha value is -0.410. The van der Waals surface area contributed by atoms with Gasteiger partial charge in [0.2, 0.25) is 0 Å². The highest BCUT2D eigenvalue weighted by molar-refractivity contribution is 5.82. The Morgan fingerprint density at radius 1 is 1.57 bits per heavy atom. The quantitative estimate of drug-likeness (QED) is 0.715. The minimum atomic E-state index is 0.145. The number of likely N-dealkylation sites (tertiary alicyclic amines) is 1. The third-order valence-corrected chi connectivity index (χ3v) is 2.93. The number of Topliss-reactive ketones (excluding diaryl/α,β-unsaturated/α-hetero) is 1. The maximum Gasteiger partial charge on any atom is 0.149 e. The minimum absolute atomic E-state index is 0.145. The van der Waals surface area contributed by atoms with Crippen molar-refractivity contribution in [2.75, 3.05) is 26.2 Å². The Bertz CT molecular complexity index is 192. The Balaban J connectivity index is 2.25. The zero-order chi connectivity index (χ0) is 10.6. The van der Waals surface area contributed by atoms with E-state index in [9.17, 15) is 4.79 Å². The fourth-order valence-corrected chi connectivity index (χ4v) is 1.88. The lowest BCUT2D eigenvalue weighted by Gasteiger charge is -2.15. The van der Waals surface area contributed by atoms with Crippen molar-refractivity contribution in [1.29, 1.82) is 0 Å². The Morgan fingerprint density at radius 2 is 2.29 bits per heavy atom. The number of aliphatic hydroxyl groups excluding tert-OH is 1. The van der Waals surface area contributed by atoms with E-state index in [4.69, 9.17) is 5.11 Å². The van der Waals surface area contributed by atoms with Crippen LogP contribution in [0.1, 0.15) is 26.7 Å². The van der Waals surface area contributed by atoms with E-state index in [0.29, 0.717) is 18.2 Å². The maximum absolute atomic E-state index is 11.5. The molecule has 1 aliphatic rings. The zero-order valence-corrected chi connectivity index (χ0v) is 9.20. The molecule has 82 valence electrons. The number of hydrogen-bond donors (Lipinski definition) is 1. The Kier molecular flexibility index (Phi) is 4.55. The van der Waals surface area contributed by atoms with E-state index in [2.05, 4.69) is 4.90 Å². The SMILES string of the molecule is CC(C)C(=O)CN1CCC(CCO)C1. The molecule has 3 heteroatoms. The molecule has 0 aliphatic carbocycles. The van der Waals surface area contributed by atoms with Gasteiger partial charge in [-0.05, 0) is 25.3 Å². The molecular formula is C11H21NO2. The summed E-state index contributed by atoms with van der Waals surface area (Å²) in [5.41, 5.74) is 0. The Labute approximate surface area is 86.1 Å². The molecule has 0 amide bonds. The Morgan fingerprint density at radius 3 is 2.86 bits per heavy atom. The fourth-order valence-electron chi connectivity index (χ4n) is 1.88. The van der Waals surface area contributed by atoms with Crippen LogP contribution in [0.15, 0.2) is 0 Å². The standard InChI is InChI=1S/C11H21NO2/c1-9(2)11(14)8-12-5-3-10(7-12)4-6-13/h9-10,13H,3-8H2,1-2H3. The van der Waals surface area contributed by atoms with Gasteiger partial charge in [-0.1, -0.05) is 13.8 Å². The van der Waals surface area contributed by atoms with Crippen molar-refractivity contribution >= 4 is 5.78 Å². The summed E-state index contributed by atoms with van der Waals surface area (Å²) in [6.45, 7) is 6.77. The van der Waals surface area contributed by atoms with E-state index >= 15 is 0 Å². The average molecular weight is 199 g/mol. The number of ketones is 1. The van der Waals surface area contributed by atoms with Gasteiger partial charge in [-0.3, -0.25) is 9.69 Å². The van der Waals surface area contributed by atoms with Gasteiger partial charge in [0.15, 0.2) is 0 Å². The van der Waals surface area contributed by atoms with Crippen LogP contribution in [-0.2, 0) is 4.79 Å². The van der Waals surface area contributed by atoms with E-state index in [0.717, 1.165) is 25.9 Å². The lowest BCUT2D eigenvalue weighted by molar-refractivity contribution is -0.122. The zero-order valence-electron chi connectivity index (χ0n) is 9.20. The van der Waals surface area contributed by atoms with E-state index in [1.165, 1.54) is 0 Å². The molecule has 0 aromatic rings. The van der Waals surface area contributed by atoms with Crippen molar-refractivity contribution in [2.45, 2.75) is 26.7 Å². The van der Waals surface area contributed by atoms with Crippen LogP contribution in [0.25, 0.3) is 0 Å². The highest BCUT2D eigenvalue weighted by Gasteiger charge is 2.23. The first kappa shape index (κ1) is 11.7. The number of rotatable bonds is 5. The molecule has 1 N–H and O–H groups in total. The van der Waals surface area contributed by atoms with Crippen molar-refractivity contribution in [3.05, 3.63) is 0 Å². The smallest absolute Gasteiger partial charge is 0.149 e. The summed E-state index contributed by atoms with van der Waals surface area (Å²) in [7, 11) is 0. The van der Waals surface area contributed by atoms with Gasteiger partial charge < -0.3 is 5.11 Å². The third kappa shape index (κ3) is 3.39. The molecule has 0 bridgehead atoms. The second-order valence-corrected chi connectivity index (χ2v) is 4.52. The lowest BCUT2D eigenvalue weighted by Crippen LogP contribution is -2.30. The van der Waals surface area contributed by atoms with Crippen molar-refractivity contribution in [1.82, 2.24) is 4.90 Å². The molecule has 1 atom stereocenters. The fraction of sp³-hybridized carbons (Fsp3) is 0.909. The summed E-state index contributed by atoms with van der Waals surface area (Å²) < 4.78 is 0. The minimum Gasteiger partial charge on any atom is -0.396 e. The summed E-state index contributed by atoms with van der Waals surface area (Å²) in [6, 6.07) is 0. The van der Waals surface area contributed by atoms with Crippen LogP contribution in [0.5, 0.6) is 0 Å². The molecule has 1 aliphatic heterocycles. The molecule has 0 radical (unpaired) electrons. The molecular weight excluding hydrogens is 178 g/mol. The predicted molar refractivity (Wildman–Crippen MR) is 56.1 cm³/mol. The van der Waals surface area contributed by atoms with Crippen molar-refractivity contribution in [3.63, 3.8) is 0 Å². The van der Waals surface area contributed by atoms with Crippen molar-refractivity contribution in [2.24, 2.45) is 11.8 Å². The first-order chi connectivity index (χ1) is 6.63. The van der Waals surface area contributed by atoms with E-state index in [1.54, 1.807) is 0 Å². The maximum atomic E-state index is 11.5. The van der Waals surface area contributed by atoms with Gasteiger partial charge in [0.25, 0.3) is 0 Å². The first-order valence-electron chi connectivity index (χ1n) is 5.49. The normalized spacial score (nSPS) is 23.3. The molecule has 0 aromatic heterocycles. The number of carbonyl (C=O) groups is 1. The highest BCUT2D eigenvalue weighted by atomic mass is 16.3. The largest absolute Gasteiger partial charge is 0.396 e. The third-order valence-electron chi connectivity index (χ3n) is 2.93. The van der Waals surface area contributed by atoms with Gasteiger partial charge in [-0.2, -0.15) is 0 Å². The van der Waals surface area contributed by atoms with Crippen molar-refractivity contribution < 1.29 is 9.90 Å². The predicted octanol–water partition coefficient (Wildman–Crippen LogP) is 0.916. The number of carbonyl (C=O) groups excluding carboxylic acids is 1. The second-order valence-electron chi connectivity index (χ2n) is 4.52. The van der Waals surface area contributed by atoms with Gasteiger partial charge in [0.05, 0.1) is 6.54 Å². The van der Waals surface area contributed by atoms with Gasteiger partial charge in [-0.15, -0.1) is 0 Å². The molecule has 3 nitrogen and oxygen atoms in total. The molecule has 1 heterocycles. The molecule has 0 aromatic carbocycles. The van der Waals surface area contributed by atoms with E-state index in [1.807, 2.05) is 13.8 Å². The molecule has 0 saturated carbocycles. The summed E-state index contributed by atoms with van der Waals surface area (Å²) in [6.07, 6.45) is 2.01. The van der Waals surface area contributed by atoms with Crippen LogP contribution < -0.4 is 0 Å². The number of hydrogen-bond acceptors (Lipinski definition) is 3. The van der Waals surface area contributed by atoms with Gasteiger partial charge in [0.1, 0.15) is 5.78 Å².